The van der Waals surface area contributed by atoms with E-state index in [4.69, 9.17) is 4.42 Å². The average Bonchev–Trinajstić information content (AvgIpc) is 2.57. The first kappa shape index (κ1) is 10.3. The molecule has 1 aromatic heterocycles. The minimum absolute atomic E-state index is 0.460. The van der Waals surface area contributed by atoms with Crippen LogP contribution in [0.2, 0.25) is 0 Å². The quantitative estimate of drug-likeness (QED) is 0.807. The minimum Gasteiger partial charge on any atom is -0.611 e. The van der Waals surface area contributed by atoms with Gasteiger partial charge in [-0.1, -0.05) is 6.92 Å². The van der Waals surface area contributed by atoms with Crippen molar-refractivity contribution < 1.29 is 8.97 Å². The van der Waals surface area contributed by atoms with Crippen molar-refractivity contribution in [1.82, 2.24) is 4.98 Å². The Morgan fingerprint density at radius 1 is 1.53 bits per heavy atom. The lowest BCUT2D eigenvalue weighted by Gasteiger charge is -2.08. The molecule has 0 amide bonds. The number of aromatic nitrogens is 1. The van der Waals surface area contributed by atoms with Crippen LogP contribution in [0.3, 0.4) is 0 Å². The van der Waals surface area contributed by atoms with Crippen molar-refractivity contribution in [3.63, 3.8) is 0 Å². The molecule has 0 saturated carbocycles. The Kier molecular flexibility index (Phi) is 2.83. The van der Waals surface area contributed by atoms with Crippen molar-refractivity contribution >= 4 is 22.3 Å². The third-order valence-electron chi connectivity index (χ3n) is 2.04. The third kappa shape index (κ3) is 2.08. The minimum atomic E-state index is -1.01. The zero-order valence-electron chi connectivity index (χ0n) is 8.28. The molecule has 0 fully saturated rings. The number of H-pyrrole nitrogens is 1. The number of rotatable bonds is 3. The van der Waals surface area contributed by atoms with Gasteiger partial charge in [-0.25, -0.2) is 4.79 Å². The maximum absolute atomic E-state index is 11.7. The molecule has 0 aliphatic heterocycles. The van der Waals surface area contributed by atoms with Gasteiger partial charge in [0.15, 0.2) is 10.5 Å². The average molecular weight is 225 g/mol. The van der Waals surface area contributed by atoms with Gasteiger partial charge in [0.05, 0.1) is 5.52 Å². The fourth-order valence-electron chi connectivity index (χ4n) is 1.37. The van der Waals surface area contributed by atoms with Crippen LogP contribution in [0.4, 0.5) is 0 Å². The SMILES string of the molecule is CCC[S+]([O-])c1ccc2[nH]c(=O)oc2c1. The molecule has 1 atom stereocenters. The van der Waals surface area contributed by atoms with Crippen LogP contribution < -0.4 is 5.76 Å². The third-order valence-corrected chi connectivity index (χ3v) is 3.60. The summed E-state index contributed by atoms with van der Waals surface area (Å²) in [6.45, 7) is 1.98. The van der Waals surface area contributed by atoms with Gasteiger partial charge in [0.1, 0.15) is 5.75 Å². The maximum Gasteiger partial charge on any atom is 0.417 e. The van der Waals surface area contributed by atoms with E-state index in [0.717, 1.165) is 6.42 Å². The molecule has 1 N–H and O–H groups in total. The zero-order valence-corrected chi connectivity index (χ0v) is 9.10. The summed E-state index contributed by atoms with van der Waals surface area (Å²) >= 11 is -1.01. The molecule has 80 valence electrons. The molecule has 1 heterocycles. The first-order valence-corrected chi connectivity index (χ1v) is 6.04. The molecule has 1 aromatic carbocycles. The van der Waals surface area contributed by atoms with Crippen LogP contribution in [0.1, 0.15) is 13.3 Å². The molecule has 0 aliphatic carbocycles. The van der Waals surface area contributed by atoms with Gasteiger partial charge in [0.25, 0.3) is 0 Å². The van der Waals surface area contributed by atoms with Crippen molar-refractivity contribution in [2.24, 2.45) is 0 Å². The summed E-state index contributed by atoms with van der Waals surface area (Å²) in [5.41, 5.74) is 1.10. The second-order valence-corrected chi connectivity index (χ2v) is 4.79. The Hall–Kier alpha value is -1.20. The second-order valence-electron chi connectivity index (χ2n) is 3.22. The Labute approximate surface area is 89.5 Å². The largest absolute Gasteiger partial charge is 0.611 e. The monoisotopic (exact) mass is 225 g/mol. The number of nitrogens with one attached hydrogen (secondary N) is 1. The molecular formula is C10H11NO3S. The Balaban J connectivity index is 2.41. The van der Waals surface area contributed by atoms with Crippen LogP contribution in [0.25, 0.3) is 11.1 Å². The molecule has 0 radical (unpaired) electrons. The molecule has 0 spiro atoms. The van der Waals surface area contributed by atoms with E-state index in [1.807, 2.05) is 6.92 Å². The van der Waals surface area contributed by atoms with E-state index in [1.165, 1.54) is 0 Å². The van der Waals surface area contributed by atoms with Crippen molar-refractivity contribution in [3.05, 3.63) is 28.7 Å². The lowest BCUT2D eigenvalue weighted by molar-refractivity contribution is 0.554. The summed E-state index contributed by atoms with van der Waals surface area (Å²) in [6, 6.07) is 5.11. The predicted molar refractivity (Wildman–Crippen MR) is 58.4 cm³/mol. The van der Waals surface area contributed by atoms with E-state index in [9.17, 15) is 9.35 Å². The van der Waals surface area contributed by atoms with Gasteiger partial charge in [-0.15, -0.1) is 0 Å². The molecule has 0 saturated heterocycles. The van der Waals surface area contributed by atoms with E-state index < -0.39 is 16.9 Å². The standard InChI is InChI=1S/C10H11NO3S/c1-2-5-15(13)7-3-4-8-9(6-7)14-10(12)11-8/h3-4,6H,2,5H2,1H3,(H,11,12). The summed E-state index contributed by atoms with van der Waals surface area (Å²) in [5, 5.41) is 0. The van der Waals surface area contributed by atoms with Gasteiger partial charge < -0.3 is 8.97 Å². The highest BCUT2D eigenvalue weighted by molar-refractivity contribution is 7.91. The summed E-state index contributed by atoms with van der Waals surface area (Å²) in [7, 11) is 0. The summed E-state index contributed by atoms with van der Waals surface area (Å²) in [4.78, 5) is 14.1. The summed E-state index contributed by atoms with van der Waals surface area (Å²) in [6.07, 6.45) is 0.863. The summed E-state index contributed by atoms with van der Waals surface area (Å²) < 4.78 is 16.6. The van der Waals surface area contributed by atoms with E-state index in [-0.39, 0.29) is 0 Å². The highest BCUT2D eigenvalue weighted by Crippen LogP contribution is 2.18. The van der Waals surface area contributed by atoms with Crippen molar-refractivity contribution in [2.75, 3.05) is 5.75 Å². The molecule has 4 nitrogen and oxygen atoms in total. The Morgan fingerprint density at radius 3 is 3.07 bits per heavy atom. The molecule has 0 bridgehead atoms. The highest BCUT2D eigenvalue weighted by atomic mass is 32.2. The van der Waals surface area contributed by atoms with Crippen molar-refractivity contribution in [1.29, 1.82) is 0 Å². The van der Waals surface area contributed by atoms with Crippen LogP contribution >= 0.6 is 0 Å². The fraction of sp³-hybridized carbons (Fsp3) is 0.300. The molecule has 1 unspecified atom stereocenters. The summed E-state index contributed by atoms with van der Waals surface area (Å²) in [5.74, 6) is 0.142. The number of hydrogen-bond donors (Lipinski definition) is 1. The smallest absolute Gasteiger partial charge is 0.417 e. The molecule has 15 heavy (non-hydrogen) atoms. The first-order chi connectivity index (χ1) is 7.20. The Bertz CT molecular complexity index is 517. The highest BCUT2D eigenvalue weighted by Gasteiger charge is 2.11. The van der Waals surface area contributed by atoms with E-state index in [1.54, 1.807) is 18.2 Å². The normalized spacial score (nSPS) is 13.2. The van der Waals surface area contributed by atoms with Gasteiger partial charge in [-0.05, 0) is 29.7 Å². The zero-order chi connectivity index (χ0) is 10.8. The fourth-order valence-corrected chi connectivity index (χ4v) is 2.44. The second kappa shape index (κ2) is 4.12. The molecule has 2 aromatic rings. The van der Waals surface area contributed by atoms with Crippen molar-refractivity contribution in [3.8, 4) is 0 Å². The molecule has 2 rings (SSSR count). The van der Waals surface area contributed by atoms with Crippen LogP contribution in [0.15, 0.2) is 32.3 Å². The lowest BCUT2D eigenvalue weighted by Crippen LogP contribution is -2.05. The lowest BCUT2D eigenvalue weighted by atomic mass is 10.3. The van der Waals surface area contributed by atoms with Crippen LogP contribution in [0.5, 0.6) is 0 Å². The molecule has 5 heteroatoms. The van der Waals surface area contributed by atoms with Crippen LogP contribution in [-0.4, -0.2) is 15.3 Å². The predicted octanol–water partition coefficient (Wildman–Crippen LogP) is 1.64. The van der Waals surface area contributed by atoms with Gasteiger partial charge >= 0.3 is 5.76 Å². The van der Waals surface area contributed by atoms with Gasteiger partial charge in [0.2, 0.25) is 0 Å². The van der Waals surface area contributed by atoms with Gasteiger partial charge in [-0.2, -0.15) is 0 Å². The molecular weight excluding hydrogens is 214 g/mol. The van der Waals surface area contributed by atoms with E-state index >= 15 is 0 Å². The number of oxazole rings is 1. The van der Waals surface area contributed by atoms with Crippen LogP contribution in [-0.2, 0) is 11.2 Å². The topological polar surface area (TPSA) is 69.1 Å². The van der Waals surface area contributed by atoms with Crippen molar-refractivity contribution in [2.45, 2.75) is 18.2 Å². The Morgan fingerprint density at radius 2 is 2.33 bits per heavy atom. The number of benzene rings is 1. The van der Waals surface area contributed by atoms with E-state index in [0.29, 0.717) is 21.7 Å². The van der Waals surface area contributed by atoms with E-state index in [2.05, 4.69) is 4.98 Å². The van der Waals surface area contributed by atoms with Crippen LogP contribution in [0, 0.1) is 0 Å². The van der Waals surface area contributed by atoms with Gasteiger partial charge in [-0.3, -0.25) is 4.98 Å². The number of fused-ring (bicyclic) bond motifs is 1. The number of hydrogen-bond acceptors (Lipinski definition) is 3. The number of aromatic amines is 1. The first-order valence-electron chi connectivity index (χ1n) is 4.72. The maximum atomic E-state index is 11.7. The molecule has 0 aliphatic rings. The van der Waals surface area contributed by atoms with Gasteiger partial charge in [0, 0.05) is 6.07 Å².